The maximum atomic E-state index is 12.3. The third-order valence-corrected chi connectivity index (χ3v) is 5.06. The first-order valence-corrected chi connectivity index (χ1v) is 12.7. The van der Waals surface area contributed by atoms with Crippen LogP contribution in [0.25, 0.3) is 0 Å². The van der Waals surface area contributed by atoms with Gasteiger partial charge in [-0.3, -0.25) is 14.6 Å². The van der Waals surface area contributed by atoms with Gasteiger partial charge < -0.3 is 30.6 Å². The Hall–Kier alpha value is -3.08. The lowest BCUT2D eigenvalue weighted by Crippen LogP contribution is -2.28. The molecule has 0 bridgehead atoms. The fourth-order valence-electron chi connectivity index (χ4n) is 3.20. The van der Waals surface area contributed by atoms with Crippen LogP contribution in [0.2, 0.25) is 0 Å². The van der Waals surface area contributed by atoms with E-state index in [2.05, 4.69) is 15.6 Å². The van der Waals surface area contributed by atoms with E-state index < -0.39 is 6.10 Å². The molecule has 2 aromatic rings. The number of halogens is 1. The summed E-state index contributed by atoms with van der Waals surface area (Å²) in [5.41, 5.74) is 6.17. The van der Waals surface area contributed by atoms with Crippen LogP contribution in [0.3, 0.4) is 0 Å². The molecule has 206 valence electrons. The van der Waals surface area contributed by atoms with E-state index in [1.54, 1.807) is 24.3 Å². The number of aromatic nitrogens is 1. The standard InChI is InChI=1S/C18H28N4O4.C7H7FO.C2H6/c1-13-4-5-16(26-13)18(24)22-14-6-9-20-15(12-14)17(23)21-8-3-11-25-10-2-7-19;1-9-7-4-2-3-6(8)5-7;1-2/h6,9,12-13,16H,2-5,7-8,10-11,19H2,1H3,(H,21,23)(H,20,22,24);2-5H,1H3;1-2H3. The molecule has 0 saturated carbocycles. The van der Waals surface area contributed by atoms with E-state index in [9.17, 15) is 14.0 Å². The number of methoxy groups -OCH3 is 1. The van der Waals surface area contributed by atoms with Crippen LogP contribution in [0.4, 0.5) is 10.1 Å². The predicted octanol–water partition coefficient (Wildman–Crippen LogP) is 3.93. The molecule has 0 spiro atoms. The number of hydrogen-bond acceptors (Lipinski definition) is 7. The first-order chi connectivity index (χ1) is 17.9. The topological polar surface area (TPSA) is 125 Å². The highest BCUT2D eigenvalue weighted by molar-refractivity contribution is 5.97. The van der Waals surface area contributed by atoms with Crippen LogP contribution in [0, 0.1) is 5.82 Å². The number of hydrogen-bond donors (Lipinski definition) is 3. The lowest BCUT2D eigenvalue weighted by molar-refractivity contribution is -0.126. The van der Waals surface area contributed by atoms with Crippen molar-refractivity contribution in [3.63, 3.8) is 0 Å². The van der Waals surface area contributed by atoms with Crippen LogP contribution in [0.5, 0.6) is 5.75 Å². The van der Waals surface area contributed by atoms with Crippen molar-refractivity contribution in [2.75, 3.05) is 38.7 Å². The molecule has 3 rings (SSSR count). The molecule has 1 saturated heterocycles. The zero-order valence-electron chi connectivity index (χ0n) is 22.3. The van der Waals surface area contributed by atoms with Gasteiger partial charge in [0.15, 0.2) is 0 Å². The van der Waals surface area contributed by atoms with Crippen LogP contribution in [0.1, 0.15) is 56.9 Å². The second-order valence-corrected chi connectivity index (χ2v) is 7.96. The summed E-state index contributed by atoms with van der Waals surface area (Å²) >= 11 is 0. The molecule has 9 nitrogen and oxygen atoms in total. The largest absolute Gasteiger partial charge is 0.497 e. The van der Waals surface area contributed by atoms with Gasteiger partial charge >= 0.3 is 0 Å². The van der Waals surface area contributed by atoms with E-state index in [0.717, 1.165) is 12.8 Å². The Morgan fingerprint density at radius 2 is 1.92 bits per heavy atom. The van der Waals surface area contributed by atoms with Crippen molar-refractivity contribution in [2.45, 2.75) is 58.7 Å². The highest BCUT2D eigenvalue weighted by Gasteiger charge is 2.28. The van der Waals surface area contributed by atoms with Crippen molar-refractivity contribution >= 4 is 17.5 Å². The van der Waals surface area contributed by atoms with Crippen molar-refractivity contribution in [3.8, 4) is 5.75 Å². The molecule has 2 heterocycles. The summed E-state index contributed by atoms with van der Waals surface area (Å²) in [6.45, 7) is 8.26. The summed E-state index contributed by atoms with van der Waals surface area (Å²) in [5.74, 6) is -0.195. The van der Waals surface area contributed by atoms with Gasteiger partial charge in [0.25, 0.3) is 11.8 Å². The number of ether oxygens (including phenoxy) is 3. The third kappa shape index (κ3) is 13.2. The number of benzene rings is 1. The van der Waals surface area contributed by atoms with Crippen molar-refractivity contribution in [2.24, 2.45) is 5.73 Å². The third-order valence-electron chi connectivity index (χ3n) is 5.06. The Morgan fingerprint density at radius 1 is 1.16 bits per heavy atom. The van der Waals surface area contributed by atoms with Gasteiger partial charge in [0.05, 0.1) is 13.2 Å². The number of carbonyl (C=O) groups excluding carboxylic acids is 2. The van der Waals surface area contributed by atoms with Crippen LogP contribution >= 0.6 is 0 Å². The van der Waals surface area contributed by atoms with Gasteiger partial charge in [-0.1, -0.05) is 19.9 Å². The Bertz CT molecular complexity index is 931. The summed E-state index contributed by atoms with van der Waals surface area (Å²) in [7, 11) is 1.51. The maximum absolute atomic E-state index is 12.3. The summed E-state index contributed by atoms with van der Waals surface area (Å²) < 4.78 is 28.0. The van der Waals surface area contributed by atoms with Gasteiger partial charge in [-0.25, -0.2) is 4.39 Å². The first-order valence-electron chi connectivity index (χ1n) is 12.7. The number of nitrogens with zero attached hydrogens (tertiary/aromatic N) is 1. The van der Waals surface area contributed by atoms with E-state index in [0.29, 0.717) is 50.6 Å². The van der Waals surface area contributed by atoms with Crippen LogP contribution in [-0.2, 0) is 14.3 Å². The molecule has 1 aromatic carbocycles. The Balaban J connectivity index is 0.000000519. The average Bonchev–Trinajstić information content (AvgIpc) is 3.36. The van der Waals surface area contributed by atoms with Crippen molar-refractivity contribution in [3.05, 3.63) is 54.1 Å². The van der Waals surface area contributed by atoms with Gasteiger partial charge in [-0.15, -0.1) is 0 Å². The number of carbonyl (C=O) groups is 2. The van der Waals surface area contributed by atoms with Gasteiger partial charge in [-0.05, 0) is 63.4 Å². The fraction of sp³-hybridized carbons (Fsp3) is 0.519. The van der Waals surface area contributed by atoms with E-state index in [4.69, 9.17) is 19.9 Å². The van der Waals surface area contributed by atoms with Crippen molar-refractivity contribution in [1.29, 1.82) is 0 Å². The molecule has 10 heteroatoms. The highest BCUT2D eigenvalue weighted by atomic mass is 19.1. The van der Waals surface area contributed by atoms with Crippen LogP contribution in [-0.4, -0.2) is 62.4 Å². The van der Waals surface area contributed by atoms with Gasteiger partial charge in [0.1, 0.15) is 23.4 Å². The predicted molar refractivity (Wildman–Crippen MR) is 142 cm³/mol. The van der Waals surface area contributed by atoms with E-state index >= 15 is 0 Å². The quantitative estimate of drug-likeness (QED) is 0.383. The number of rotatable bonds is 11. The summed E-state index contributed by atoms with van der Waals surface area (Å²) in [6.07, 6.45) is 4.29. The Kier molecular flexibility index (Phi) is 16.5. The molecular weight excluding hydrogens is 479 g/mol. The molecule has 1 aliphatic rings. The fourth-order valence-corrected chi connectivity index (χ4v) is 3.20. The molecule has 0 radical (unpaired) electrons. The van der Waals surface area contributed by atoms with Crippen molar-refractivity contribution in [1.82, 2.24) is 10.3 Å². The minimum absolute atomic E-state index is 0.101. The zero-order valence-corrected chi connectivity index (χ0v) is 22.3. The highest BCUT2D eigenvalue weighted by Crippen LogP contribution is 2.20. The maximum Gasteiger partial charge on any atom is 0.269 e. The van der Waals surface area contributed by atoms with Gasteiger partial charge in [0, 0.05) is 37.7 Å². The average molecular weight is 521 g/mol. The Morgan fingerprint density at radius 3 is 2.54 bits per heavy atom. The van der Waals surface area contributed by atoms with Crippen molar-refractivity contribution < 1.29 is 28.2 Å². The molecule has 1 aromatic heterocycles. The first kappa shape index (κ1) is 31.9. The van der Waals surface area contributed by atoms with Crippen LogP contribution < -0.4 is 21.1 Å². The molecule has 2 atom stereocenters. The number of nitrogens with one attached hydrogen (secondary N) is 2. The second kappa shape index (κ2) is 19.1. The summed E-state index contributed by atoms with van der Waals surface area (Å²) in [6, 6.07) is 9.22. The van der Waals surface area contributed by atoms with Crippen LogP contribution in [0.15, 0.2) is 42.6 Å². The molecule has 1 aliphatic heterocycles. The SMILES string of the molecule is CC.CC1CCC(C(=O)Nc2ccnc(C(=O)NCCCOCCCN)c2)O1.COc1cccc(F)c1. The van der Waals surface area contributed by atoms with E-state index in [1.807, 2.05) is 20.8 Å². The smallest absolute Gasteiger partial charge is 0.269 e. The van der Waals surface area contributed by atoms with E-state index in [1.165, 1.54) is 25.4 Å². The van der Waals surface area contributed by atoms with Gasteiger partial charge in [0.2, 0.25) is 0 Å². The van der Waals surface area contributed by atoms with Gasteiger partial charge in [-0.2, -0.15) is 0 Å². The molecule has 4 N–H and O–H groups in total. The van der Waals surface area contributed by atoms with E-state index in [-0.39, 0.29) is 29.4 Å². The molecule has 2 amide bonds. The second-order valence-electron chi connectivity index (χ2n) is 7.96. The number of amides is 2. The molecule has 2 unspecified atom stereocenters. The number of pyridine rings is 1. The molecule has 37 heavy (non-hydrogen) atoms. The monoisotopic (exact) mass is 520 g/mol. The summed E-state index contributed by atoms with van der Waals surface area (Å²) in [5, 5.41) is 5.57. The number of nitrogens with two attached hydrogens (primary N) is 1. The Labute approximate surface area is 219 Å². The molecule has 1 fully saturated rings. The summed E-state index contributed by atoms with van der Waals surface area (Å²) in [4.78, 5) is 28.4. The molecule has 0 aliphatic carbocycles. The lowest BCUT2D eigenvalue weighted by Gasteiger charge is -2.12. The lowest BCUT2D eigenvalue weighted by atomic mass is 10.2. The molecular formula is C27H41FN4O5. The minimum atomic E-state index is -0.435. The zero-order chi connectivity index (χ0) is 27.5. The number of anilines is 1. The normalized spacial score (nSPS) is 15.9. The minimum Gasteiger partial charge on any atom is -0.497 e.